The highest BCUT2D eigenvalue weighted by Crippen LogP contribution is 2.41. The molecule has 0 radical (unpaired) electrons. The standard InChI is InChI=1S/C52H38N4/c1-32-17-21-39(34(3)25-32)36-19-23-44-42-13-7-9-15-47(42)55(49(44)27-36)51-31-54-52(29-46(51)41-12-6-5-11-38(41)30-53)56-48-16-10-8-14-43(48)45-24-20-37(28-50(45)56)40-22-18-33(2)26-35(40)4/h5-29,31H,1-4H3. The Morgan fingerprint density at radius 2 is 0.964 bits per heavy atom. The summed E-state index contributed by atoms with van der Waals surface area (Å²) in [5.74, 6) is 0.789. The number of fused-ring (bicyclic) bond motifs is 6. The van der Waals surface area contributed by atoms with Gasteiger partial charge in [-0.25, -0.2) is 4.98 Å². The van der Waals surface area contributed by atoms with Crippen molar-refractivity contribution in [3.63, 3.8) is 0 Å². The third-order valence-corrected chi connectivity index (χ3v) is 11.4. The number of aryl methyl sites for hydroxylation is 4. The fraction of sp³-hybridized carbons (Fsp3) is 0.0769. The van der Waals surface area contributed by atoms with Gasteiger partial charge >= 0.3 is 0 Å². The van der Waals surface area contributed by atoms with Crippen molar-refractivity contribution in [2.45, 2.75) is 27.7 Å². The lowest BCUT2D eigenvalue weighted by atomic mass is 9.97. The normalized spacial score (nSPS) is 11.6. The Labute approximate surface area is 326 Å². The molecule has 4 heteroatoms. The predicted molar refractivity (Wildman–Crippen MR) is 233 cm³/mol. The van der Waals surface area contributed by atoms with Crippen molar-refractivity contribution >= 4 is 43.6 Å². The van der Waals surface area contributed by atoms with Gasteiger partial charge in [-0.3, -0.25) is 4.57 Å². The van der Waals surface area contributed by atoms with Crippen LogP contribution in [0.3, 0.4) is 0 Å². The first-order valence-corrected chi connectivity index (χ1v) is 19.1. The minimum absolute atomic E-state index is 0.613. The average Bonchev–Trinajstić information content (AvgIpc) is 3.72. The van der Waals surface area contributed by atoms with E-state index in [-0.39, 0.29) is 0 Å². The van der Waals surface area contributed by atoms with Gasteiger partial charge in [0.05, 0.1) is 45.6 Å². The number of benzene rings is 7. The quantitative estimate of drug-likeness (QED) is 0.178. The number of aromatic nitrogens is 3. The van der Waals surface area contributed by atoms with E-state index in [1.54, 1.807) is 0 Å². The molecular formula is C52H38N4. The van der Waals surface area contributed by atoms with Crippen LogP contribution >= 0.6 is 0 Å². The first kappa shape index (κ1) is 33.4. The van der Waals surface area contributed by atoms with Crippen molar-refractivity contribution in [3.05, 3.63) is 186 Å². The van der Waals surface area contributed by atoms with Crippen molar-refractivity contribution in [2.24, 2.45) is 0 Å². The van der Waals surface area contributed by atoms with Crippen molar-refractivity contribution in [1.82, 2.24) is 14.1 Å². The number of nitriles is 1. The number of hydrogen-bond acceptors (Lipinski definition) is 2. The molecule has 0 fully saturated rings. The topological polar surface area (TPSA) is 46.5 Å². The van der Waals surface area contributed by atoms with Crippen LogP contribution in [-0.4, -0.2) is 14.1 Å². The predicted octanol–water partition coefficient (Wildman–Crippen LogP) is 13.4. The van der Waals surface area contributed by atoms with E-state index in [9.17, 15) is 5.26 Å². The maximum atomic E-state index is 10.5. The Morgan fingerprint density at radius 3 is 1.55 bits per heavy atom. The van der Waals surface area contributed by atoms with Crippen LogP contribution in [0, 0.1) is 39.0 Å². The molecule has 10 aromatic rings. The Kier molecular flexibility index (Phi) is 7.73. The monoisotopic (exact) mass is 718 g/mol. The van der Waals surface area contributed by atoms with Gasteiger partial charge in [0, 0.05) is 32.7 Å². The number of hydrogen-bond donors (Lipinski definition) is 0. The molecule has 3 heterocycles. The largest absolute Gasteiger partial charge is 0.307 e. The smallest absolute Gasteiger partial charge is 0.138 e. The van der Waals surface area contributed by atoms with Crippen LogP contribution in [0.1, 0.15) is 27.8 Å². The van der Waals surface area contributed by atoms with E-state index in [1.807, 2.05) is 24.4 Å². The molecule has 0 amide bonds. The zero-order valence-corrected chi connectivity index (χ0v) is 31.8. The highest BCUT2D eigenvalue weighted by Gasteiger charge is 2.21. The van der Waals surface area contributed by atoms with Crippen molar-refractivity contribution in [3.8, 4) is 51.0 Å². The van der Waals surface area contributed by atoms with Crippen LogP contribution in [0.2, 0.25) is 0 Å². The summed E-state index contributed by atoms with van der Waals surface area (Å²) in [5, 5.41) is 15.2. The van der Waals surface area contributed by atoms with Gasteiger partial charge in [-0.1, -0.05) is 126 Å². The minimum Gasteiger partial charge on any atom is -0.307 e. The fourth-order valence-corrected chi connectivity index (χ4v) is 8.83. The summed E-state index contributed by atoms with van der Waals surface area (Å²) in [5.41, 5.74) is 17.4. The molecule has 0 aliphatic heterocycles. The zero-order chi connectivity index (χ0) is 38.1. The van der Waals surface area contributed by atoms with E-state index in [0.717, 1.165) is 55.8 Å². The summed E-state index contributed by atoms with van der Waals surface area (Å²) in [6.45, 7) is 8.64. The van der Waals surface area contributed by atoms with Crippen molar-refractivity contribution in [2.75, 3.05) is 0 Å². The zero-order valence-electron chi connectivity index (χ0n) is 31.8. The van der Waals surface area contributed by atoms with Crippen LogP contribution in [0.25, 0.3) is 88.5 Å². The molecule has 56 heavy (non-hydrogen) atoms. The molecule has 0 bridgehead atoms. The third-order valence-electron chi connectivity index (χ3n) is 11.4. The number of para-hydroxylation sites is 2. The third kappa shape index (κ3) is 5.24. The van der Waals surface area contributed by atoms with E-state index >= 15 is 0 Å². The van der Waals surface area contributed by atoms with Gasteiger partial charge in [0.25, 0.3) is 0 Å². The first-order valence-electron chi connectivity index (χ1n) is 19.1. The summed E-state index contributed by atoms with van der Waals surface area (Å²) in [6.07, 6.45) is 2.00. The lowest BCUT2D eigenvalue weighted by Crippen LogP contribution is -2.04. The van der Waals surface area contributed by atoms with Gasteiger partial charge in [0.1, 0.15) is 5.82 Å². The fourth-order valence-electron chi connectivity index (χ4n) is 8.83. The van der Waals surface area contributed by atoms with Gasteiger partial charge in [0.15, 0.2) is 0 Å². The van der Waals surface area contributed by atoms with Crippen LogP contribution in [-0.2, 0) is 0 Å². The maximum absolute atomic E-state index is 10.5. The van der Waals surface area contributed by atoms with Gasteiger partial charge < -0.3 is 4.57 Å². The van der Waals surface area contributed by atoms with E-state index in [4.69, 9.17) is 4.98 Å². The Hall–Kier alpha value is -7.22. The molecule has 3 aromatic heterocycles. The SMILES string of the molecule is Cc1ccc(-c2ccc3c4ccccc4n(-c4cc(-c5ccccc5C#N)c(-n5c6ccccc6c6ccc(-c7ccc(C)cc7C)cc65)cn4)c3c2)c(C)c1. The molecule has 0 saturated heterocycles. The summed E-state index contributed by atoms with van der Waals surface area (Å²) in [6, 6.07) is 56.6. The van der Waals surface area contributed by atoms with Crippen molar-refractivity contribution < 1.29 is 0 Å². The molecule has 0 atom stereocenters. The van der Waals surface area contributed by atoms with Crippen LogP contribution in [0.15, 0.2) is 158 Å². The number of pyridine rings is 1. The second kappa shape index (κ2) is 13.0. The molecule has 0 N–H and O–H groups in total. The molecule has 0 aliphatic carbocycles. The summed E-state index contributed by atoms with van der Waals surface area (Å²) in [7, 11) is 0. The summed E-state index contributed by atoms with van der Waals surface area (Å²) >= 11 is 0. The molecule has 266 valence electrons. The van der Waals surface area contributed by atoms with Gasteiger partial charge in [-0.05, 0) is 97.5 Å². The van der Waals surface area contributed by atoms with Crippen molar-refractivity contribution in [1.29, 1.82) is 5.26 Å². The van der Waals surface area contributed by atoms with Gasteiger partial charge in [-0.2, -0.15) is 5.26 Å². The van der Waals surface area contributed by atoms with Crippen LogP contribution in [0.5, 0.6) is 0 Å². The first-order chi connectivity index (χ1) is 27.4. The Balaban J connectivity index is 1.27. The Bertz CT molecular complexity index is 3260. The average molecular weight is 719 g/mol. The molecule has 0 unspecified atom stereocenters. The summed E-state index contributed by atoms with van der Waals surface area (Å²) < 4.78 is 4.62. The van der Waals surface area contributed by atoms with E-state index in [1.165, 1.54) is 54.9 Å². The van der Waals surface area contributed by atoms with Gasteiger partial charge in [0.2, 0.25) is 0 Å². The van der Waals surface area contributed by atoms with Crippen LogP contribution < -0.4 is 0 Å². The van der Waals surface area contributed by atoms with E-state index < -0.39 is 0 Å². The molecular weight excluding hydrogens is 681 g/mol. The molecule has 0 aliphatic rings. The molecule has 0 spiro atoms. The number of rotatable bonds is 5. The number of nitrogens with zero attached hydrogens (tertiary/aromatic N) is 4. The maximum Gasteiger partial charge on any atom is 0.138 e. The molecule has 7 aromatic carbocycles. The Morgan fingerprint density at radius 1 is 0.446 bits per heavy atom. The highest BCUT2D eigenvalue weighted by molar-refractivity contribution is 6.12. The molecule has 4 nitrogen and oxygen atoms in total. The molecule has 10 rings (SSSR count). The second-order valence-electron chi connectivity index (χ2n) is 15.0. The second-order valence-corrected chi connectivity index (χ2v) is 15.0. The van der Waals surface area contributed by atoms with E-state index in [0.29, 0.717) is 5.56 Å². The summed E-state index contributed by atoms with van der Waals surface area (Å²) in [4.78, 5) is 5.33. The van der Waals surface area contributed by atoms with E-state index in [2.05, 4.69) is 176 Å². The minimum atomic E-state index is 0.613. The lowest BCUT2D eigenvalue weighted by Gasteiger charge is -2.17. The van der Waals surface area contributed by atoms with Gasteiger partial charge in [-0.15, -0.1) is 0 Å². The highest BCUT2D eigenvalue weighted by atomic mass is 15.1. The lowest BCUT2D eigenvalue weighted by molar-refractivity contribution is 1.06. The van der Waals surface area contributed by atoms with Crippen LogP contribution in [0.4, 0.5) is 0 Å². The molecule has 0 saturated carbocycles.